The molecule has 1 nitrogen and oxygen atoms in total. The van der Waals surface area contributed by atoms with Crippen LogP contribution in [0.2, 0.25) is 0 Å². The van der Waals surface area contributed by atoms with Crippen molar-refractivity contribution in [2.24, 2.45) is 62.6 Å². The van der Waals surface area contributed by atoms with Crippen LogP contribution in [-0.2, 0) is 4.79 Å². The molecule has 0 radical (unpaired) electrons. The lowest BCUT2D eigenvalue weighted by Crippen LogP contribution is -2.66. The molecule has 1 heteroatoms. The number of Topliss-reactive ketones (excluding diaryl/α,β-unsaturated/α-hetero) is 1. The highest BCUT2D eigenvalue weighted by Crippen LogP contribution is 2.77. The van der Waals surface area contributed by atoms with Gasteiger partial charge in [0.1, 0.15) is 5.78 Å². The summed E-state index contributed by atoms with van der Waals surface area (Å²) in [6.45, 7) is 20.3. The van der Waals surface area contributed by atoms with Crippen LogP contribution < -0.4 is 0 Å². The highest BCUT2D eigenvalue weighted by molar-refractivity contribution is 5.85. The maximum absolute atomic E-state index is 12.9. The molecule has 31 heavy (non-hydrogen) atoms. The Labute approximate surface area is 192 Å². The summed E-state index contributed by atoms with van der Waals surface area (Å²) >= 11 is 0. The summed E-state index contributed by atoms with van der Waals surface area (Å²) < 4.78 is 0. The van der Waals surface area contributed by atoms with Crippen LogP contribution in [0.4, 0.5) is 0 Å². The average Bonchev–Trinajstić information content (AvgIpc) is 3.04. The first-order valence-corrected chi connectivity index (χ1v) is 13.8. The Balaban J connectivity index is 1.54. The predicted octanol–water partition coefficient (Wildman–Crippen LogP) is 8.31. The van der Waals surface area contributed by atoms with Gasteiger partial charge in [-0.1, -0.05) is 55.4 Å². The Morgan fingerprint density at radius 2 is 1.45 bits per heavy atom. The molecule has 176 valence electrons. The molecule has 9 unspecified atom stereocenters. The zero-order valence-electron chi connectivity index (χ0n) is 21.9. The molecule has 5 aliphatic rings. The van der Waals surface area contributed by atoms with Crippen LogP contribution in [0.3, 0.4) is 0 Å². The first-order valence-electron chi connectivity index (χ1n) is 13.8. The van der Waals surface area contributed by atoms with Gasteiger partial charge in [0, 0.05) is 11.8 Å². The summed E-state index contributed by atoms with van der Waals surface area (Å²) in [5.41, 5.74) is 1.76. The molecule has 5 rings (SSSR count). The Hall–Kier alpha value is -0.330. The highest BCUT2D eigenvalue weighted by atomic mass is 16.1. The quantitative estimate of drug-likeness (QED) is 0.412. The molecule has 0 saturated heterocycles. The molecule has 5 fully saturated rings. The van der Waals surface area contributed by atoms with Crippen LogP contribution in [0.5, 0.6) is 0 Å². The van der Waals surface area contributed by atoms with Gasteiger partial charge in [-0.3, -0.25) is 4.79 Å². The summed E-state index contributed by atoms with van der Waals surface area (Å²) in [6, 6.07) is 0. The molecule has 0 aliphatic heterocycles. The van der Waals surface area contributed by atoms with E-state index in [4.69, 9.17) is 0 Å². The fraction of sp³-hybridized carbons (Fsp3) is 0.967. The van der Waals surface area contributed by atoms with Crippen molar-refractivity contribution in [3.8, 4) is 0 Å². The van der Waals surface area contributed by atoms with E-state index in [1.54, 1.807) is 0 Å². The van der Waals surface area contributed by atoms with E-state index in [1.165, 1.54) is 51.4 Å². The van der Waals surface area contributed by atoms with Gasteiger partial charge < -0.3 is 0 Å². The first-order chi connectivity index (χ1) is 14.3. The molecular weight excluding hydrogens is 376 g/mol. The zero-order chi connectivity index (χ0) is 22.6. The largest absolute Gasteiger partial charge is 0.299 e. The second-order valence-corrected chi connectivity index (χ2v) is 14.9. The van der Waals surface area contributed by atoms with Crippen LogP contribution in [0, 0.1) is 62.6 Å². The van der Waals surface area contributed by atoms with Gasteiger partial charge in [0.25, 0.3) is 0 Å². The number of hydrogen-bond acceptors (Lipinski definition) is 1. The first kappa shape index (κ1) is 22.5. The molecule has 0 spiro atoms. The third-order valence-corrected chi connectivity index (χ3v) is 13.5. The molecule has 0 aromatic carbocycles. The molecule has 0 amide bonds. The minimum Gasteiger partial charge on any atom is -0.299 e. The summed E-state index contributed by atoms with van der Waals surface area (Å²) in [6.07, 6.45) is 13.3. The number of hydrogen-bond donors (Lipinski definition) is 0. The second kappa shape index (κ2) is 6.63. The normalized spacial score (nSPS) is 55.9. The van der Waals surface area contributed by atoms with Gasteiger partial charge in [0.05, 0.1) is 0 Å². The van der Waals surface area contributed by atoms with E-state index in [2.05, 4.69) is 55.4 Å². The van der Waals surface area contributed by atoms with Crippen LogP contribution in [0.1, 0.15) is 120 Å². The highest BCUT2D eigenvalue weighted by Gasteiger charge is 2.70. The van der Waals surface area contributed by atoms with Crippen molar-refractivity contribution in [3.63, 3.8) is 0 Å². The third-order valence-electron chi connectivity index (χ3n) is 13.5. The van der Waals surface area contributed by atoms with Crippen molar-refractivity contribution in [2.75, 3.05) is 0 Å². The number of fused-ring (bicyclic) bond motifs is 7. The van der Waals surface area contributed by atoms with E-state index in [1.807, 2.05) is 0 Å². The summed E-state index contributed by atoms with van der Waals surface area (Å²) in [4.78, 5) is 12.9. The molecule has 0 aromatic heterocycles. The molecule has 0 N–H and O–H groups in total. The molecule has 9 atom stereocenters. The van der Waals surface area contributed by atoms with Crippen LogP contribution in [0.25, 0.3) is 0 Å². The average molecular weight is 427 g/mol. The monoisotopic (exact) mass is 426 g/mol. The van der Waals surface area contributed by atoms with Gasteiger partial charge in [-0.2, -0.15) is 0 Å². The minimum atomic E-state index is -0.120. The van der Waals surface area contributed by atoms with Gasteiger partial charge in [0.2, 0.25) is 0 Å². The van der Waals surface area contributed by atoms with Crippen molar-refractivity contribution in [1.29, 1.82) is 0 Å². The lowest BCUT2D eigenvalue weighted by Gasteiger charge is -2.72. The Morgan fingerprint density at radius 3 is 2.13 bits per heavy atom. The van der Waals surface area contributed by atoms with E-state index in [9.17, 15) is 4.79 Å². The predicted molar refractivity (Wildman–Crippen MR) is 130 cm³/mol. The van der Waals surface area contributed by atoms with E-state index in [0.29, 0.717) is 33.4 Å². The van der Waals surface area contributed by atoms with Gasteiger partial charge in [0.15, 0.2) is 0 Å². The van der Waals surface area contributed by atoms with Gasteiger partial charge in [-0.15, -0.1) is 0 Å². The summed E-state index contributed by atoms with van der Waals surface area (Å²) in [7, 11) is 0. The molecular formula is C30H50O. The number of carbonyl (C=O) groups is 1. The van der Waals surface area contributed by atoms with Crippen molar-refractivity contribution in [3.05, 3.63) is 0 Å². The molecule has 5 saturated carbocycles. The van der Waals surface area contributed by atoms with Crippen LogP contribution in [0.15, 0.2) is 0 Å². The maximum atomic E-state index is 12.9. The SMILES string of the molecule is CC(C)C1CCC2(C)CCC3(C)C(CCC4C5(C)CCC(=O)C(C)(C)C5CCC43C)C12. The maximum Gasteiger partial charge on any atom is 0.138 e. The van der Waals surface area contributed by atoms with E-state index in [0.717, 1.165) is 42.4 Å². The number of rotatable bonds is 1. The van der Waals surface area contributed by atoms with Crippen molar-refractivity contribution < 1.29 is 4.79 Å². The molecule has 5 aliphatic carbocycles. The van der Waals surface area contributed by atoms with E-state index < -0.39 is 0 Å². The minimum absolute atomic E-state index is 0.120. The Morgan fingerprint density at radius 1 is 0.742 bits per heavy atom. The van der Waals surface area contributed by atoms with Gasteiger partial charge in [-0.25, -0.2) is 0 Å². The third kappa shape index (κ3) is 2.65. The molecule has 0 bridgehead atoms. The molecule has 0 heterocycles. The Bertz CT molecular complexity index is 764. The Kier molecular flexibility index (Phi) is 4.80. The van der Waals surface area contributed by atoms with Crippen molar-refractivity contribution in [2.45, 2.75) is 120 Å². The second-order valence-electron chi connectivity index (χ2n) is 14.9. The van der Waals surface area contributed by atoms with Gasteiger partial charge >= 0.3 is 0 Å². The van der Waals surface area contributed by atoms with Gasteiger partial charge in [-0.05, 0) is 115 Å². The fourth-order valence-electron chi connectivity index (χ4n) is 11.5. The van der Waals surface area contributed by atoms with Crippen molar-refractivity contribution in [1.82, 2.24) is 0 Å². The fourth-order valence-corrected chi connectivity index (χ4v) is 11.5. The summed E-state index contributed by atoms with van der Waals surface area (Å²) in [5.74, 6) is 5.56. The summed E-state index contributed by atoms with van der Waals surface area (Å²) in [5, 5.41) is 0. The lowest BCUT2D eigenvalue weighted by atomic mass is 9.32. The standard InChI is InChI=1S/C30H50O/c1-19(2)20-11-14-27(5)17-18-29(7)21(25(20)27)9-10-23-28(6)15-13-24(31)26(3,4)22(28)12-16-30(23,29)8/h19-23,25H,9-18H2,1-8H3. The number of carbonyl (C=O) groups excluding carboxylic acids is 1. The molecule has 0 aromatic rings. The van der Waals surface area contributed by atoms with Crippen LogP contribution >= 0.6 is 0 Å². The smallest absolute Gasteiger partial charge is 0.138 e. The topological polar surface area (TPSA) is 17.1 Å². The number of ketones is 1. The zero-order valence-corrected chi connectivity index (χ0v) is 21.9. The van der Waals surface area contributed by atoms with E-state index in [-0.39, 0.29) is 5.41 Å². The van der Waals surface area contributed by atoms with E-state index >= 15 is 0 Å². The lowest BCUT2D eigenvalue weighted by molar-refractivity contribution is -0.234. The van der Waals surface area contributed by atoms with Crippen molar-refractivity contribution >= 4 is 5.78 Å². The van der Waals surface area contributed by atoms with Crippen LogP contribution in [-0.4, -0.2) is 5.78 Å².